The van der Waals surface area contributed by atoms with Gasteiger partial charge in [-0.2, -0.15) is 13.2 Å². The molecule has 4 heteroatoms. The van der Waals surface area contributed by atoms with Crippen LogP contribution in [0.3, 0.4) is 0 Å². The summed E-state index contributed by atoms with van der Waals surface area (Å²) >= 11 is 0. The number of hydrogen-bond acceptors (Lipinski definition) is 1. The summed E-state index contributed by atoms with van der Waals surface area (Å²) < 4.78 is 40.4. The van der Waals surface area contributed by atoms with Crippen molar-refractivity contribution < 1.29 is 17.9 Å². The monoisotopic (exact) mass is 216 g/mol. The lowest BCUT2D eigenvalue weighted by Gasteiger charge is -2.01. The molecule has 0 saturated heterocycles. The molecule has 0 fully saturated rings. The van der Waals surface area contributed by atoms with Gasteiger partial charge in [0, 0.05) is 0 Å². The number of ether oxygens (including phenoxy) is 1. The zero-order valence-electron chi connectivity index (χ0n) is 8.21. The summed E-state index contributed by atoms with van der Waals surface area (Å²) in [6.45, 7) is 0. The van der Waals surface area contributed by atoms with E-state index in [4.69, 9.17) is 4.74 Å². The summed E-state index contributed by atoms with van der Waals surface area (Å²) in [7, 11) is 1.51. The first kappa shape index (κ1) is 11.6. The van der Waals surface area contributed by atoms with Crippen molar-refractivity contribution >= 4 is 6.08 Å². The van der Waals surface area contributed by atoms with Crippen LogP contribution in [0.4, 0.5) is 13.2 Å². The van der Waals surface area contributed by atoms with E-state index >= 15 is 0 Å². The highest BCUT2D eigenvalue weighted by Crippen LogP contribution is 2.21. The van der Waals surface area contributed by atoms with E-state index in [1.165, 1.54) is 13.2 Å². The fraction of sp³-hybridized carbons (Fsp3) is 0.273. The second-order valence-corrected chi connectivity index (χ2v) is 3.00. The maximum absolute atomic E-state index is 11.8. The number of methoxy groups -OCH3 is 1. The van der Waals surface area contributed by atoms with Crippen LogP contribution in [-0.2, 0) is 0 Å². The quantitative estimate of drug-likeness (QED) is 0.749. The Hall–Kier alpha value is -1.45. The first-order valence-electron chi connectivity index (χ1n) is 4.38. The molecule has 0 unspecified atom stereocenters. The van der Waals surface area contributed by atoms with Gasteiger partial charge in [-0.25, -0.2) is 0 Å². The van der Waals surface area contributed by atoms with Gasteiger partial charge in [-0.1, -0.05) is 24.3 Å². The molecule has 0 amide bonds. The predicted octanol–water partition coefficient (Wildman–Crippen LogP) is 3.66. The highest BCUT2D eigenvalue weighted by molar-refractivity contribution is 5.51. The van der Waals surface area contributed by atoms with Crippen LogP contribution in [0.5, 0.6) is 5.75 Å². The summed E-state index contributed by atoms with van der Waals surface area (Å²) in [6, 6.07) is 6.86. The molecule has 0 spiro atoms. The number of alkyl halides is 3. The van der Waals surface area contributed by atoms with Crippen LogP contribution in [0.1, 0.15) is 12.0 Å². The Morgan fingerprint density at radius 3 is 2.67 bits per heavy atom. The highest BCUT2D eigenvalue weighted by Gasteiger charge is 2.24. The SMILES string of the molecule is COc1cccc(C=CCC(F)(F)F)c1. The summed E-state index contributed by atoms with van der Waals surface area (Å²) in [6.07, 6.45) is -2.54. The van der Waals surface area contributed by atoms with Crippen molar-refractivity contribution in [2.24, 2.45) is 0 Å². The summed E-state index contributed by atoms with van der Waals surface area (Å²) in [5.41, 5.74) is 0.693. The zero-order chi connectivity index (χ0) is 11.3. The van der Waals surface area contributed by atoms with Crippen LogP contribution in [0.25, 0.3) is 6.08 Å². The van der Waals surface area contributed by atoms with Crippen molar-refractivity contribution in [1.29, 1.82) is 0 Å². The van der Waals surface area contributed by atoms with Gasteiger partial charge < -0.3 is 4.74 Å². The Kier molecular flexibility index (Phi) is 3.77. The van der Waals surface area contributed by atoms with E-state index in [0.717, 1.165) is 6.08 Å². The summed E-state index contributed by atoms with van der Waals surface area (Å²) in [5.74, 6) is 0.629. The van der Waals surface area contributed by atoms with Crippen LogP contribution >= 0.6 is 0 Å². The fourth-order valence-electron chi connectivity index (χ4n) is 1.07. The van der Waals surface area contributed by atoms with E-state index in [-0.39, 0.29) is 0 Å². The molecule has 0 saturated carbocycles. The zero-order valence-corrected chi connectivity index (χ0v) is 8.21. The van der Waals surface area contributed by atoms with Gasteiger partial charge >= 0.3 is 6.18 Å². The molecular formula is C11H11F3O. The van der Waals surface area contributed by atoms with E-state index in [0.29, 0.717) is 11.3 Å². The van der Waals surface area contributed by atoms with Crippen molar-refractivity contribution in [2.45, 2.75) is 12.6 Å². The predicted molar refractivity (Wildman–Crippen MR) is 52.7 cm³/mol. The van der Waals surface area contributed by atoms with Gasteiger partial charge in [0.1, 0.15) is 5.75 Å². The van der Waals surface area contributed by atoms with Gasteiger partial charge in [-0.3, -0.25) is 0 Å². The van der Waals surface area contributed by atoms with Gasteiger partial charge in [0.15, 0.2) is 0 Å². The summed E-state index contributed by atoms with van der Waals surface area (Å²) in [5, 5.41) is 0. The molecule has 1 nitrogen and oxygen atoms in total. The second kappa shape index (κ2) is 4.87. The van der Waals surface area contributed by atoms with E-state index in [1.807, 2.05) is 0 Å². The number of rotatable bonds is 3. The van der Waals surface area contributed by atoms with Crippen molar-refractivity contribution in [1.82, 2.24) is 0 Å². The molecular weight excluding hydrogens is 205 g/mol. The van der Waals surface area contributed by atoms with Crippen LogP contribution in [0.15, 0.2) is 30.3 Å². The third kappa shape index (κ3) is 4.54. The van der Waals surface area contributed by atoms with Crippen LogP contribution in [0.2, 0.25) is 0 Å². The Morgan fingerprint density at radius 1 is 1.33 bits per heavy atom. The standard InChI is InChI=1S/C11H11F3O/c1-15-10-6-2-4-9(8-10)5-3-7-11(12,13)14/h2-6,8H,7H2,1H3. The largest absolute Gasteiger partial charge is 0.497 e. The topological polar surface area (TPSA) is 9.23 Å². The Balaban J connectivity index is 2.64. The molecule has 82 valence electrons. The molecule has 0 radical (unpaired) electrons. The molecule has 1 aromatic carbocycles. The van der Waals surface area contributed by atoms with Crippen molar-refractivity contribution in [2.75, 3.05) is 7.11 Å². The molecule has 0 atom stereocenters. The minimum atomic E-state index is -4.14. The van der Waals surface area contributed by atoms with E-state index < -0.39 is 12.6 Å². The molecule has 1 aromatic rings. The molecule has 0 aliphatic carbocycles. The van der Waals surface area contributed by atoms with Gasteiger partial charge in [-0.05, 0) is 17.7 Å². The number of halogens is 3. The lowest BCUT2D eigenvalue weighted by atomic mass is 10.2. The normalized spacial score (nSPS) is 12.0. The minimum absolute atomic E-state index is 0.629. The molecule has 0 aliphatic heterocycles. The van der Waals surface area contributed by atoms with Crippen LogP contribution < -0.4 is 4.74 Å². The molecule has 0 bridgehead atoms. The van der Waals surface area contributed by atoms with Crippen LogP contribution in [0, 0.1) is 0 Å². The number of benzene rings is 1. The summed E-state index contributed by atoms with van der Waals surface area (Å²) in [4.78, 5) is 0. The van der Waals surface area contributed by atoms with Gasteiger partial charge in [0.2, 0.25) is 0 Å². The van der Waals surface area contributed by atoms with Crippen LogP contribution in [-0.4, -0.2) is 13.3 Å². The smallest absolute Gasteiger partial charge is 0.392 e. The Morgan fingerprint density at radius 2 is 2.07 bits per heavy atom. The molecule has 1 rings (SSSR count). The van der Waals surface area contributed by atoms with Gasteiger partial charge in [0.25, 0.3) is 0 Å². The lowest BCUT2D eigenvalue weighted by molar-refractivity contribution is -0.124. The molecule has 15 heavy (non-hydrogen) atoms. The Labute approximate surface area is 86.2 Å². The highest BCUT2D eigenvalue weighted by atomic mass is 19.4. The molecule has 0 aromatic heterocycles. The van der Waals surface area contributed by atoms with Crippen molar-refractivity contribution in [3.05, 3.63) is 35.9 Å². The number of hydrogen-bond donors (Lipinski definition) is 0. The first-order chi connectivity index (χ1) is 7.01. The molecule has 0 aliphatic rings. The maximum atomic E-state index is 11.8. The van der Waals surface area contributed by atoms with Gasteiger partial charge in [0.05, 0.1) is 13.5 Å². The fourth-order valence-corrected chi connectivity index (χ4v) is 1.07. The molecule has 0 heterocycles. The Bertz CT molecular complexity index is 342. The first-order valence-corrected chi connectivity index (χ1v) is 4.38. The minimum Gasteiger partial charge on any atom is -0.497 e. The third-order valence-electron chi connectivity index (χ3n) is 1.75. The van der Waals surface area contributed by atoms with E-state index in [1.54, 1.807) is 24.3 Å². The number of allylic oxidation sites excluding steroid dienone is 1. The second-order valence-electron chi connectivity index (χ2n) is 3.00. The van der Waals surface area contributed by atoms with E-state index in [2.05, 4.69) is 0 Å². The lowest BCUT2D eigenvalue weighted by Crippen LogP contribution is -2.03. The average Bonchev–Trinajstić information content (AvgIpc) is 2.16. The maximum Gasteiger partial charge on any atom is 0.392 e. The third-order valence-corrected chi connectivity index (χ3v) is 1.75. The molecule has 0 N–H and O–H groups in total. The van der Waals surface area contributed by atoms with Crippen molar-refractivity contribution in [3.8, 4) is 5.75 Å². The van der Waals surface area contributed by atoms with Gasteiger partial charge in [-0.15, -0.1) is 0 Å². The van der Waals surface area contributed by atoms with Crippen molar-refractivity contribution in [3.63, 3.8) is 0 Å². The van der Waals surface area contributed by atoms with E-state index in [9.17, 15) is 13.2 Å². The average molecular weight is 216 g/mol.